The second-order valence-corrected chi connectivity index (χ2v) is 8.23. The molecule has 2 nitrogen and oxygen atoms in total. The Bertz CT molecular complexity index is 569. The number of rotatable bonds is 2. The number of fused-ring (bicyclic) bond motifs is 5. The van der Waals surface area contributed by atoms with Crippen LogP contribution in [0, 0.1) is 42.1 Å². The summed E-state index contributed by atoms with van der Waals surface area (Å²) in [6.07, 6.45) is 21.3. The molecule has 6 atom stereocenters. The van der Waals surface area contributed by atoms with Gasteiger partial charge in [-0.3, -0.25) is 4.79 Å². The molecule has 4 rings (SSSR count). The Balaban J connectivity index is 1.61. The molecule has 0 saturated heterocycles. The highest BCUT2D eigenvalue weighted by Crippen LogP contribution is 2.60. The van der Waals surface area contributed by atoms with E-state index in [9.17, 15) is 4.79 Å². The van der Waals surface area contributed by atoms with E-state index >= 15 is 0 Å². The van der Waals surface area contributed by atoms with Crippen LogP contribution in [0.5, 0.6) is 0 Å². The molecule has 0 bridgehead atoms. The third-order valence-corrected chi connectivity index (χ3v) is 7.60. The molecule has 4 aliphatic rings. The number of Topliss-reactive ketones (excluding diaryl/α,β-unsaturated/α-hetero) is 1. The number of terminal acetylenes is 1. The van der Waals surface area contributed by atoms with E-state index in [1.54, 1.807) is 12.5 Å². The summed E-state index contributed by atoms with van der Waals surface area (Å²) >= 11 is 0. The van der Waals surface area contributed by atoms with Crippen molar-refractivity contribution in [1.82, 2.24) is 0 Å². The smallest absolute Gasteiger partial charge is 0.181 e. The maximum absolute atomic E-state index is 12.4. The molecule has 0 N–H and O–H groups in total. The minimum absolute atomic E-state index is 0.149. The van der Waals surface area contributed by atoms with Crippen LogP contribution in [0.4, 0.5) is 0 Å². The molecule has 2 heteroatoms. The van der Waals surface area contributed by atoms with Gasteiger partial charge in [-0.2, -0.15) is 0 Å². The Morgan fingerprint density at radius 1 is 1.22 bits per heavy atom. The van der Waals surface area contributed by atoms with Gasteiger partial charge in [-0.05, 0) is 88.4 Å². The van der Waals surface area contributed by atoms with Gasteiger partial charge in [-0.25, -0.2) is 0 Å². The summed E-state index contributed by atoms with van der Waals surface area (Å²) in [5, 5.41) is 0. The summed E-state index contributed by atoms with van der Waals surface area (Å²) in [5.74, 6) is 3.63. The number of ketones is 1. The van der Waals surface area contributed by atoms with Crippen LogP contribution in [-0.2, 0) is 9.53 Å². The highest BCUT2D eigenvalue weighted by Gasteiger charge is 2.59. The lowest BCUT2D eigenvalue weighted by atomic mass is 9.55. The minimum Gasteiger partial charge on any atom is -0.432 e. The maximum Gasteiger partial charge on any atom is 0.181 e. The Hall–Kier alpha value is -1.23. The average molecular weight is 312 g/mol. The van der Waals surface area contributed by atoms with Crippen LogP contribution in [0.1, 0.15) is 64.7 Å². The lowest BCUT2D eigenvalue weighted by Crippen LogP contribution is -2.49. The number of allylic oxidation sites excluding steroid dienone is 2. The van der Waals surface area contributed by atoms with Gasteiger partial charge in [0.25, 0.3) is 0 Å². The van der Waals surface area contributed by atoms with E-state index in [0.29, 0.717) is 11.8 Å². The van der Waals surface area contributed by atoms with Crippen molar-refractivity contribution < 1.29 is 9.53 Å². The Kier molecular flexibility index (Phi) is 3.79. The number of carbonyl (C=O) groups is 1. The SMILES string of the molecule is C#CO[C@]1(C(C)=O)CCC2C3CCC4=CCCCC4C3CCC21. The molecule has 0 aliphatic heterocycles. The predicted octanol–water partition coefficient (Wildman–Crippen LogP) is 4.49. The second kappa shape index (κ2) is 5.69. The first-order valence-corrected chi connectivity index (χ1v) is 9.51. The average Bonchev–Trinajstić information content (AvgIpc) is 2.95. The van der Waals surface area contributed by atoms with E-state index in [1.807, 2.05) is 0 Å². The van der Waals surface area contributed by atoms with Gasteiger partial charge in [0.2, 0.25) is 0 Å². The van der Waals surface area contributed by atoms with Crippen LogP contribution in [0.25, 0.3) is 0 Å². The molecule has 0 aromatic rings. The van der Waals surface area contributed by atoms with Gasteiger partial charge in [0, 0.05) is 5.92 Å². The van der Waals surface area contributed by atoms with Crippen LogP contribution < -0.4 is 0 Å². The van der Waals surface area contributed by atoms with Crippen LogP contribution in [0.15, 0.2) is 11.6 Å². The van der Waals surface area contributed by atoms with Gasteiger partial charge in [0.1, 0.15) is 6.11 Å². The van der Waals surface area contributed by atoms with E-state index in [0.717, 1.165) is 37.0 Å². The van der Waals surface area contributed by atoms with Crippen LogP contribution in [0.3, 0.4) is 0 Å². The maximum atomic E-state index is 12.4. The molecule has 5 unspecified atom stereocenters. The van der Waals surface area contributed by atoms with E-state index in [2.05, 4.69) is 12.2 Å². The summed E-state index contributed by atoms with van der Waals surface area (Å²) < 4.78 is 5.67. The van der Waals surface area contributed by atoms with Gasteiger partial charge >= 0.3 is 0 Å². The van der Waals surface area contributed by atoms with E-state index in [1.165, 1.54) is 38.5 Å². The monoisotopic (exact) mass is 312 g/mol. The van der Waals surface area contributed by atoms with E-state index in [4.69, 9.17) is 11.2 Å². The lowest BCUT2D eigenvalue weighted by molar-refractivity contribution is -0.142. The van der Waals surface area contributed by atoms with Crippen molar-refractivity contribution in [1.29, 1.82) is 0 Å². The van der Waals surface area contributed by atoms with Crippen LogP contribution in [-0.4, -0.2) is 11.4 Å². The molecule has 124 valence electrons. The van der Waals surface area contributed by atoms with Gasteiger partial charge in [0.15, 0.2) is 11.4 Å². The molecule has 0 spiro atoms. The number of carbonyl (C=O) groups excluding carboxylic acids is 1. The summed E-state index contributed by atoms with van der Waals surface area (Å²) in [5.41, 5.74) is 1.08. The predicted molar refractivity (Wildman–Crippen MR) is 90.4 cm³/mol. The molecule has 0 aromatic heterocycles. The minimum atomic E-state index is -0.674. The third kappa shape index (κ3) is 2.19. The first kappa shape index (κ1) is 15.3. The normalized spacial score (nSPS) is 45.0. The molecule has 3 fully saturated rings. The van der Waals surface area contributed by atoms with Crippen LogP contribution in [0.2, 0.25) is 0 Å². The van der Waals surface area contributed by atoms with Gasteiger partial charge in [0.05, 0.1) is 0 Å². The number of ether oxygens (including phenoxy) is 1. The molecule has 23 heavy (non-hydrogen) atoms. The number of hydrogen-bond acceptors (Lipinski definition) is 2. The summed E-state index contributed by atoms with van der Waals surface area (Å²) in [6.45, 7) is 1.68. The fourth-order valence-corrected chi connectivity index (χ4v) is 6.72. The van der Waals surface area contributed by atoms with Crippen molar-refractivity contribution in [2.75, 3.05) is 0 Å². The zero-order valence-electron chi connectivity index (χ0n) is 14.2. The standard InChI is InChI=1S/C21H28O2/c1-3-23-21(14(2)22)13-12-19-18-9-8-15-6-4-5-7-16(15)17(18)10-11-20(19)21/h1,6,16-20H,4-5,7-13H2,2H3/t16?,17?,18?,19?,20?,21-/m0/s1. The van der Waals surface area contributed by atoms with Crippen LogP contribution >= 0.6 is 0 Å². The topological polar surface area (TPSA) is 26.3 Å². The first-order chi connectivity index (χ1) is 11.2. The molecule has 0 heterocycles. The highest BCUT2D eigenvalue weighted by atomic mass is 16.5. The van der Waals surface area contributed by atoms with Gasteiger partial charge in [-0.15, -0.1) is 0 Å². The van der Waals surface area contributed by atoms with Crippen molar-refractivity contribution in [2.45, 2.75) is 70.3 Å². The zero-order valence-corrected chi connectivity index (χ0v) is 14.2. The zero-order chi connectivity index (χ0) is 16.0. The summed E-state index contributed by atoms with van der Waals surface area (Å²) in [7, 11) is 0. The second-order valence-electron chi connectivity index (χ2n) is 8.23. The van der Waals surface area contributed by atoms with Gasteiger partial charge < -0.3 is 4.74 Å². The Morgan fingerprint density at radius 3 is 2.87 bits per heavy atom. The molecule has 0 amide bonds. The Labute approximate surface area is 140 Å². The summed E-state index contributed by atoms with van der Waals surface area (Å²) in [4.78, 5) is 12.4. The molecular weight excluding hydrogens is 284 g/mol. The third-order valence-electron chi connectivity index (χ3n) is 7.60. The van der Waals surface area contributed by atoms with Gasteiger partial charge in [-0.1, -0.05) is 18.1 Å². The van der Waals surface area contributed by atoms with Crippen molar-refractivity contribution in [3.05, 3.63) is 11.6 Å². The van der Waals surface area contributed by atoms with Crippen molar-refractivity contribution in [3.8, 4) is 12.5 Å². The Morgan fingerprint density at radius 2 is 2.09 bits per heavy atom. The van der Waals surface area contributed by atoms with E-state index in [-0.39, 0.29) is 5.78 Å². The molecule has 4 aliphatic carbocycles. The molecule has 0 aromatic carbocycles. The lowest BCUT2D eigenvalue weighted by Gasteiger charge is -2.50. The van der Waals surface area contributed by atoms with Crippen molar-refractivity contribution >= 4 is 5.78 Å². The summed E-state index contributed by atoms with van der Waals surface area (Å²) in [6, 6.07) is 0. The molecule has 3 saturated carbocycles. The largest absolute Gasteiger partial charge is 0.432 e. The van der Waals surface area contributed by atoms with Crippen molar-refractivity contribution in [3.63, 3.8) is 0 Å². The molecule has 0 radical (unpaired) electrons. The number of hydrogen-bond donors (Lipinski definition) is 0. The first-order valence-electron chi connectivity index (χ1n) is 9.51. The fourth-order valence-electron chi connectivity index (χ4n) is 6.72. The quantitative estimate of drug-likeness (QED) is 0.554. The molecular formula is C21H28O2. The fraction of sp³-hybridized carbons (Fsp3) is 0.762. The van der Waals surface area contributed by atoms with Crippen molar-refractivity contribution in [2.24, 2.45) is 29.6 Å². The van der Waals surface area contributed by atoms with E-state index < -0.39 is 5.60 Å². The highest BCUT2D eigenvalue weighted by molar-refractivity contribution is 5.86.